The van der Waals surface area contributed by atoms with Crippen LogP contribution in [0, 0.1) is 5.92 Å². The number of hydrogen-bond acceptors (Lipinski definition) is 4. The van der Waals surface area contributed by atoms with Gasteiger partial charge in [-0.25, -0.2) is 4.79 Å². The van der Waals surface area contributed by atoms with Gasteiger partial charge in [0.05, 0.1) is 6.04 Å². The van der Waals surface area contributed by atoms with Crippen LogP contribution in [0.5, 0.6) is 5.75 Å². The average Bonchev–Trinajstić information content (AvgIpc) is 2.38. The smallest absolute Gasteiger partial charge is 0.339 e. The molecule has 0 spiro atoms. The molecular formula is C13H18N2O4. The van der Waals surface area contributed by atoms with Gasteiger partial charge >= 0.3 is 5.97 Å². The van der Waals surface area contributed by atoms with Crippen LogP contribution < -0.4 is 11.1 Å². The van der Waals surface area contributed by atoms with Crippen molar-refractivity contribution in [1.29, 1.82) is 0 Å². The minimum atomic E-state index is -1.26. The standard InChI is InChI=1S/C13H18N2O4/c1-3-7(2)11(14)12(17)15-8-4-5-10(16)9(6-8)13(18)19/h4-7,11,16H,3,14H2,1-2H3,(H,15,17)(H,18,19)/t7?,11-/m0/s1. The first-order valence-electron chi connectivity index (χ1n) is 5.99. The monoisotopic (exact) mass is 266 g/mol. The van der Waals surface area contributed by atoms with E-state index in [9.17, 15) is 14.7 Å². The van der Waals surface area contributed by atoms with Crippen molar-refractivity contribution in [3.8, 4) is 5.75 Å². The van der Waals surface area contributed by atoms with Crippen LogP contribution in [-0.2, 0) is 4.79 Å². The second-order valence-corrected chi connectivity index (χ2v) is 4.44. The maximum absolute atomic E-state index is 11.8. The number of carboxylic acid groups (broad SMARTS) is 1. The molecule has 1 aromatic carbocycles. The van der Waals surface area contributed by atoms with Gasteiger partial charge in [0.25, 0.3) is 0 Å². The van der Waals surface area contributed by atoms with Crippen molar-refractivity contribution in [3.05, 3.63) is 23.8 Å². The molecule has 104 valence electrons. The second kappa shape index (κ2) is 6.19. The maximum Gasteiger partial charge on any atom is 0.339 e. The highest BCUT2D eigenvalue weighted by Crippen LogP contribution is 2.21. The van der Waals surface area contributed by atoms with Crippen LogP contribution in [0.3, 0.4) is 0 Å². The highest BCUT2D eigenvalue weighted by Gasteiger charge is 2.20. The van der Waals surface area contributed by atoms with Crippen molar-refractivity contribution in [1.82, 2.24) is 0 Å². The van der Waals surface area contributed by atoms with Crippen LogP contribution in [0.25, 0.3) is 0 Å². The molecule has 1 aromatic rings. The van der Waals surface area contributed by atoms with Crippen molar-refractivity contribution in [2.75, 3.05) is 5.32 Å². The Balaban J connectivity index is 2.86. The molecule has 0 saturated heterocycles. The summed E-state index contributed by atoms with van der Waals surface area (Å²) in [6.45, 7) is 3.80. The quantitative estimate of drug-likeness (QED) is 0.602. The third kappa shape index (κ3) is 3.69. The molecule has 6 nitrogen and oxygen atoms in total. The predicted octanol–water partition coefficient (Wildman–Crippen LogP) is 1.40. The summed E-state index contributed by atoms with van der Waals surface area (Å²) in [6.07, 6.45) is 0.768. The Morgan fingerprint density at radius 1 is 1.42 bits per heavy atom. The number of aromatic hydroxyl groups is 1. The van der Waals surface area contributed by atoms with Crippen LogP contribution in [0.4, 0.5) is 5.69 Å². The van der Waals surface area contributed by atoms with E-state index < -0.39 is 12.0 Å². The van der Waals surface area contributed by atoms with Gasteiger partial charge in [-0.1, -0.05) is 20.3 Å². The number of aromatic carboxylic acids is 1. The Bertz CT molecular complexity index is 488. The highest BCUT2D eigenvalue weighted by molar-refractivity contribution is 5.97. The number of carbonyl (C=O) groups is 2. The predicted molar refractivity (Wildman–Crippen MR) is 71.1 cm³/mol. The number of hydrogen-bond donors (Lipinski definition) is 4. The topological polar surface area (TPSA) is 113 Å². The first-order chi connectivity index (χ1) is 8.86. The Morgan fingerprint density at radius 3 is 2.58 bits per heavy atom. The molecule has 6 heteroatoms. The molecule has 0 radical (unpaired) electrons. The number of rotatable bonds is 5. The number of nitrogens with one attached hydrogen (secondary N) is 1. The lowest BCUT2D eigenvalue weighted by atomic mass is 9.99. The van der Waals surface area contributed by atoms with E-state index in [0.29, 0.717) is 5.69 Å². The van der Waals surface area contributed by atoms with Crippen LogP contribution in [0.15, 0.2) is 18.2 Å². The van der Waals surface area contributed by atoms with Crippen molar-refractivity contribution >= 4 is 17.6 Å². The SMILES string of the molecule is CCC(C)[C@H](N)C(=O)Nc1ccc(O)c(C(=O)O)c1. The molecule has 0 aliphatic rings. The number of benzene rings is 1. The van der Waals surface area contributed by atoms with Gasteiger partial charge in [0, 0.05) is 5.69 Å². The van der Waals surface area contributed by atoms with E-state index in [2.05, 4.69) is 5.32 Å². The van der Waals surface area contributed by atoms with Crippen LogP contribution in [-0.4, -0.2) is 28.1 Å². The molecule has 19 heavy (non-hydrogen) atoms. The summed E-state index contributed by atoms with van der Waals surface area (Å²) in [5, 5.41) is 20.8. The van der Waals surface area contributed by atoms with Crippen molar-refractivity contribution in [3.63, 3.8) is 0 Å². The second-order valence-electron chi connectivity index (χ2n) is 4.44. The van der Waals surface area contributed by atoms with Gasteiger partial charge in [-0.15, -0.1) is 0 Å². The zero-order valence-corrected chi connectivity index (χ0v) is 10.9. The largest absolute Gasteiger partial charge is 0.507 e. The summed E-state index contributed by atoms with van der Waals surface area (Å²) in [7, 11) is 0. The van der Waals surface area contributed by atoms with E-state index in [1.807, 2.05) is 13.8 Å². The Kier molecular flexibility index (Phi) is 4.88. The van der Waals surface area contributed by atoms with Crippen LogP contribution in [0.2, 0.25) is 0 Å². The van der Waals surface area contributed by atoms with E-state index in [4.69, 9.17) is 10.8 Å². The lowest BCUT2D eigenvalue weighted by Gasteiger charge is -2.17. The fourth-order valence-corrected chi connectivity index (χ4v) is 1.52. The molecule has 0 aliphatic heterocycles. The molecule has 0 saturated carbocycles. The fraction of sp³-hybridized carbons (Fsp3) is 0.385. The molecule has 1 rings (SSSR count). The van der Waals surface area contributed by atoms with Crippen molar-refractivity contribution in [2.45, 2.75) is 26.3 Å². The van der Waals surface area contributed by atoms with E-state index >= 15 is 0 Å². The van der Waals surface area contributed by atoms with Gasteiger partial charge in [-0.05, 0) is 24.1 Å². The van der Waals surface area contributed by atoms with Crippen molar-refractivity contribution < 1.29 is 19.8 Å². The van der Waals surface area contributed by atoms with E-state index in [0.717, 1.165) is 6.42 Å². The third-order valence-electron chi connectivity index (χ3n) is 3.05. The molecular weight excluding hydrogens is 248 g/mol. The van der Waals surface area contributed by atoms with Crippen LogP contribution in [0.1, 0.15) is 30.6 Å². The molecule has 1 amide bonds. The van der Waals surface area contributed by atoms with Gasteiger partial charge in [0.15, 0.2) is 0 Å². The number of carbonyl (C=O) groups excluding carboxylic acids is 1. The highest BCUT2D eigenvalue weighted by atomic mass is 16.4. The minimum Gasteiger partial charge on any atom is -0.507 e. The Labute approximate surface area is 111 Å². The number of anilines is 1. The molecule has 0 aliphatic carbocycles. The van der Waals surface area contributed by atoms with Gasteiger partial charge < -0.3 is 21.3 Å². The van der Waals surface area contributed by atoms with E-state index in [1.165, 1.54) is 18.2 Å². The first kappa shape index (κ1) is 15.0. The van der Waals surface area contributed by atoms with Crippen LogP contribution >= 0.6 is 0 Å². The van der Waals surface area contributed by atoms with Gasteiger partial charge in [-0.3, -0.25) is 4.79 Å². The van der Waals surface area contributed by atoms with E-state index in [1.54, 1.807) is 0 Å². The normalized spacial score (nSPS) is 13.6. The molecule has 5 N–H and O–H groups in total. The molecule has 0 fully saturated rings. The number of phenols is 1. The number of nitrogens with two attached hydrogens (primary N) is 1. The van der Waals surface area contributed by atoms with Crippen molar-refractivity contribution in [2.24, 2.45) is 11.7 Å². The zero-order valence-electron chi connectivity index (χ0n) is 10.9. The minimum absolute atomic E-state index is 0.0241. The van der Waals surface area contributed by atoms with Gasteiger partial charge in [0.1, 0.15) is 11.3 Å². The molecule has 0 bridgehead atoms. The summed E-state index contributed by atoms with van der Waals surface area (Å²) in [6, 6.07) is 3.17. The Morgan fingerprint density at radius 2 is 2.05 bits per heavy atom. The molecule has 1 unspecified atom stereocenters. The number of carboxylic acids is 1. The number of amides is 1. The van der Waals surface area contributed by atoms with E-state index in [-0.39, 0.29) is 23.1 Å². The molecule has 0 heterocycles. The lowest BCUT2D eigenvalue weighted by molar-refractivity contribution is -0.118. The fourth-order valence-electron chi connectivity index (χ4n) is 1.52. The first-order valence-corrected chi connectivity index (χ1v) is 5.99. The summed E-state index contributed by atoms with van der Waals surface area (Å²) in [4.78, 5) is 22.7. The summed E-state index contributed by atoms with van der Waals surface area (Å²) in [5.41, 5.74) is 5.79. The molecule has 2 atom stereocenters. The maximum atomic E-state index is 11.8. The summed E-state index contributed by atoms with van der Waals surface area (Å²) < 4.78 is 0. The third-order valence-corrected chi connectivity index (χ3v) is 3.05. The average molecular weight is 266 g/mol. The Hall–Kier alpha value is -2.08. The molecule has 0 aromatic heterocycles. The lowest BCUT2D eigenvalue weighted by Crippen LogP contribution is -2.40. The van der Waals surface area contributed by atoms with Gasteiger partial charge in [0.2, 0.25) is 5.91 Å². The summed E-state index contributed by atoms with van der Waals surface area (Å²) in [5.74, 6) is -1.97. The zero-order chi connectivity index (χ0) is 14.6. The summed E-state index contributed by atoms with van der Waals surface area (Å²) >= 11 is 0. The van der Waals surface area contributed by atoms with Gasteiger partial charge in [-0.2, -0.15) is 0 Å².